The Labute approximate surface area is 117 Å². The Morgan fingerprint density at radius 3 is 2.80 bits per heavy atom. The highest BCUT2D eigenvalue weighted by molar-refractivity contribution is 5.95. The smallest absolute Gasteiger partial charge is 0.339 e. The fraction of sp³-hybridized carbons (Fsp3) is 0.400. The lowest BCUT2D eigenvalue weighted by Crippen LogP contribution is -2.26. The summed E-state index contributed by atoms with van der Waals surface area (Å²) >= 11 is 0. The molecule has 1 aromatic rings. The molecule has 0 aliphatic heterocycles. The minimum Gasteiger partial charge on any atom is -0.465 e. The molecule has 1 heterocycles. The number of allylic oxidation sites excluding steroid dienone is 2. The third-order valence-electron chi connectivity index (χ3n) is 4.04. The Kier molecular flexibility index (Phi) is 3.26. The predicted octanol–water partition coefficient (Wildman–Crippen LogP) is 2.02. The molecule has 5 nitrogen and oxygen atoms in total. The Morgan fingerprint density at radius 2 is 2.15 bits per heavy atom. The quantitative estimate of drug-likeness (QED) is 0.675. The lowest BCUT2D eigenvalue weighted by Gasteiger charge is -2.17. The number of pyridine rings is 1. The molecular weight excluding hydrogens is 256 g/mol. The van der Waals surface area contributed by atoms with Crippen LogP contribution in [0.5, 0.6) is 0 Å². The van der Waals surface area contributed by atoms with Crippen molar-refractivity contribution in [2.75, 3.05) is 12.4 Å². The van der Waals surface area contributed by atoms with Crippen LogP contribution in [-0.2, 0) is 9.53 Å². The predicted molar refractivity (Wildman–Crippen MR) is 73.1 cm³/mol. The molecule has 20 heavy (non-hydrogen) atoms. The number of amides is 1. The van der Waals surface area contributed by atoms with Crippen molar-refractivity contribution in [1.82, 2.24) is 4.98 Å². The van der Waals surface area contributed by atoms with Crippen LogP contribution in [0.2, 0.25) is 0 Å². The molecule has 3 atom stereocenters. The lowest BCUT2D eigenvalue weighted by molar-refractivity contribution is -0.120. The highest BCUT2D eigenvalue weighted by atomic mass is 16.5. The van der Waals surface area contributed by atoms with Gasteiger partial charge < -0.3 is 10.1 Å². The zero-order valence-corrected chi connectivity index (χ0v) is 11.2. The molecule has 1 saturated carbocycles. The van der Waals surface area contributed by atoms with Gasteiger partial charge in [-0.1, -0.05) is 12.2 Å². The van der Waals surface area contributed by atoms with E-state index in [0.717, 1.165) is 12.8 Å². The number of nitrogens with zero attached hydrogens (tertiary/aromatic N) is 1. The average molecular weight is 272 g/mol. The summed E-state index contributed by atoms with van der Waals surface area (Å²) in [7, 11) is 1.31. The van der Waals surface area contributed by atoms with Gasteiger partial charge in [-0.3, -0.25) is 9.78 Å². The maximum atomic E-state index is 12.3. The lowest BCUT2D eigenvalue weighted by atomic mass is 9.93. The van der Waals surface area contributed by atoms with E-state index in [0.29, 0.717) is 23.1 Å². The molecule has 1 fully saturated rings. The van der Waals surface area contributed by atoms with Gasteiger partial charge in [-0.25, -0.2) is 4.79 Å². The van der Waals surface area contributed by atoms with Crippen molar-refractivity contribution in [1.29, 1.82) is 0 Å². The second kappa shape index (κ2) is 5.07. The van der Waals surface area contributed by atoms with Crippen LogP contribution in [0.3, 0.4) is 0 Å². The summed E-state index contributed by atoms with van der Waals surface area (Å²) in [5.41, 5.74) is 0.864. The van der Waals surface area contributed by atoms with E-state index >= 15 is 0 Å². The van der Waals surface area contributed by atoms with Gasteiger partial charge in [0.2, 0.25) is 5.91 Å². The number of rotatable bonds is 3. The number of esters is 1. The monoisotopic (exact) mass is 272 g/mol. The van der Waals surface area contributed by atoms with E-state index in [1.54, 1.807) is 6.07 Å². The average Bonchev–Trinajstić information content (AvgIpc) is 3.09. The van der Waals surface area contributed by atoms with Gasteiger partial charge in [0.15, 0.2) is 0 Å². The molecule has 0 spiro atoms. The minimum absolute atomic E-state index is 0.00525. The molecule has 2 aliphatic carbocycles. The van der Waals surface area contributed by atoms with Gasteiger partial charge >= 0.3 is 5.97 Å². The number of methoxy groups -OCH3 is 1. The summed E-state index contributed by atoms with van der Waals surface area (Å²) in [5, 5.41) is 2.84. The number of anilines is 1. The fourth-order valence-electron chi connectivity index (χ4n) is 3.05. The number of carbonyl (C=O) groups excluding carboxylic acids is 2. The van der Waals surface area contributed by atoms with Crippen LogP contribution in [0.25, 0.3) is 0 Å². The molecule has 2 aliphatic rings. The van der Waals surface area contributed by atoms with Crippen LogP contribution >= 0.6 is 0 Å². The van der Waals surface area contributed by atoms with Crippen LogP contribution < -0.4 is 5.32 Å². The van der Waals surface area contributed by atoms with Crippen LogP contribution in [0.1, 0.15) is 23.2 Å². The Morgan fingerprint density at radius 1 is 1.30 bits per heavy atom. The summed E-state index contributed by atoms with van der Waals surface area (Å²) in [5.74, 6) is 0.487. The highest BCUT2D eigenvalue weighted by Gasteiger charge is 2.39. The molecule has 1 aromatic heterocycles. The largest absolute Gasteiger partial charge is 0.465 e. The third-order valence-corrected chi connectivity index (χ3v) is 4.04. The molecule has 2 bridgehead atoms. The van der Waals surface area contributed by atoms with Gasteiger partial charge in [0, 0.05) is 12.1 Å². The summed E-state index contributed by atoms with van der Waals surface area (Å²) in [6.45, 7) is 0. The topological polar surface area (TPSA) is 68.3 Å². The van der Waals surface area contributed by atoms with Gasteiger partial charge in [0.25, 0.3) is 0 Å². The van der Waals surface area contributed by atoms with E-state index in [-0.39, 0.29) is 11.8 Å². The maximum absolute atomic E-state index is 12.3. The molecule has 104 valence electrons. The van der Waals surface area contributed by atoms with Gasteiger partial charge in [-0.05, 0) is 30.7 Å². The van der Waals surface area contributed by atoms with E-state index in [1.165, 1.54) is 19.5 Å². The standard InChI is InChI=1S/C15H16N2O3/c1-20-15(19)11-6-12(8-16-7-11)17-14(18)13-5-9-2-3-10(13)4-9/h2-3,6-10,13H,4-5H2,1H3,(H,17,18)/t9-,10-,13+/m0/s1. The van der Waals surface area contributed by atoms with Crippen molar-refractivity contribution < 1.29 is 14.3 Å². The Balaban J connectivity index is 1.70. The van der Waals surface area contributed by atoms with Gasteiger partial charge in [0.05, 0.1) is 24.6 Å². The normalized spacial score (nSPS) is 26.6. The fourth-order valence-corrected chi connectivity index (χ4v) is 3.05. The van der Waals surface area contributed by atoms with Crippen molar-refractivity contribution in [2.24, 2.45) is 17.8 Å². The van der Waals surface area contributed by atoms with Crippen molar-refractivity contribution in [3.8, 4) is 0 Å². The summed E-state index contributed by atoms with van der Waals surface area (Å²) in [6.07, 6.45) is 9.29. The Bertz CT molecular complexity index is 582. The molecule has 0 radical (unpaired) electrons. The van der Waals surface area contributed by atoms with Gasteiger partial charge in [-0.15, -0.1) is 0 Å². The molecule has 0 aromatic carbocycles. The number of hydrogen-bond acceptors (Lipinski definition) is 4. The van der Waals surface area contributed by atoms with E-state index in [9.17, 15) is 9.59 Å². The minimum atomic E-state index is -0.462. The van der Waals surface area contributed by atoms with Crippen molar-refractivity contribution in [3.05, 3.63) is 36.2 Å². The first-order valence-corrected chi connectivity index (χ1v) is 6.70. The second-order valence-corrected chi connectivity index (χ2v) is 5.33. The first kappa shape index (κ1) is 12.8. The highest BCUT2D eigenvalue weighted by Crippen LogP contribution is 2.43. The Hall–Kier alpha value is -2.17. The number of carbonyl (C=O) groups is 2. The maximum Gasteiger partial charge on any atom is 0.339 e. The first-order valence-electron chi connectivity index (χ1n) is 6.70. The molecule has 3 rings (SSSR count). The summed E-state index contributed by atoms with van der Waals surface area (Å²) < 4.78 is 4.64. The van der Waals surface area contributed by atoms with Crippen molar-refractivity contribution >= 4 is 17.6 Å². The third kappa shape index (κ3) is 2.31. The number of aromatic nitrogens is 1. The number of ether oxygens (including phenoxy) is 1. The van der Waals surface area contributed by atoms with E-state index in [4.69, 9.17) is 0 Å². The van der Waals surface area contributed by atoms with Crippen LogP contribution in [0.4, 0.5) is 5.69 Å². The zero-order chi connectivity index (χ0) is 14.1. The van der Waals surface area contributed by atoms with Gasteiger partial charge in [-0.2, -0.15) is 0 Å². The van der Waals surface area contributed by atoms with E-state index in [1.807, 2.05) is 0 Å². The molecule has 1 N–H and O–H groups in total. The van der Waals surface area contributed by atoms with Crippen molar-refractivity contribution in [3.63, 3.8) is 0 Å². The zero-order valence-electron chi connectivity index (χ0n) is 11.2. The molecule has 5 heteroatoms. The number of hydrogen-bond donors (Lipinski definition) is 1. The summed E-state index contributed by atoms with van der Waals surface area (Å²) in [4.78, 5) is 27.6. The van der Waals surface area contributed by atoms with Crippen LogP contribution in [0.15, 0.2) is 30.6 Å². The van der Waals surface area contributed by atoms with E-state index in [2.05, 4.69) is 27.2 Å². The van der Waals surface area contributed by atoms with Gasteiger partial charge in [0.1, 0.15) is 0 Å². The SMILES string of the molecule is COC(=O)c1cncc(NC(=O)[C@@H]2C[C@H]3C=C[C@H]2C3)c1. The number of nitrogens with one attached hydrogen (secondary N) is 1. The van der Waals surface area contributed by atoms with Crippen LogP contribution in [0, 0.1) is 17.8 Å². The molecule has 0 saturated heterocycles. The number of fused-ring (bicyclic) bond motifs is 2. The second-order valence-electron chi connectivity index (χ2n) is 5.33. The van der Waals surface area contributed by atoms with E-state index < -0.39 is 5.97 Å². The molecule has 1 amide bonds. The van der Waals surface area contributed by atoms with Crippen molar-refractivity contribution in [2.45, 2.75) is 12.8 Å². The molecular formula is C15H16N2O3. The molecule has 0 unspecified atom stereocenters. The van der Waals surface area contributed by atoms with Crippen LogP contribution in [-0.4, -0.2) is 24.0 Å². The first-order chi connectivity index (χ1) is 9.67. The summed E-state index contributed by atoms with van der Waals surface area (Å²) in [6, 6.07) is 1.58.